The number of carbonyl (C=O) groups is 2. The van der Waals surface area contributed by atoms with E-state index in [1.54, 1.807) is 24.0 Å². The minimum absolute atomic E-state index is 0.0671. The Balaban J connectivity index is 1.46. The van der Waals surface area contributed by atoms with Crippen molar-refractivity contribution in [1.29, 1.82) is 0 Å². The number of aryl methyl sites for hydroxylation is 1. The fourth-order valence-corrected chi connectivity index (χ4v) is 5.87. The maximum absolute atomic E-state index is 14.8. The first-order chi connectivity index (χ1) is 17.9. The van der Waals surface area contributed by atoms with Gasteiger partial charge in [-0.05, 0) is 68.0 Å². The molecule has 0 saturated carbocycles. The van der Waals surface area contributed by atoms with E-state index in [0.717, 1.165) is 37.2 Å². The van der Waals surface area contributed by atoms with Crippen LogP contribution in [0.4, 0.5) is 15.8 Å². The summed E-state index contributed by atoms with van der Waals surface area (Å²) in [5, 5.41) is 3.75. The Hall–Kier alpha value is -3.38. The van der Waals surface area contributed by atoms with Crippen LogP contribution in [0.1, 0.15) is 53.2 Å². The second-order valence-corrected chi connectivity index (χ2v) is 10.3. The summed E-state index contributed by atoms with van der Waals surface area (Å²) in [6.45, 7) is 4.08. The molecular weight excluding hydrogens is 489 g/mol. The van der Waals surface area contributed by atoms with Crippen molar-refractivity contribution < 1.29 is 14.0 Å². The number of hydrogen-bond donors (Lipinski definition) is 1. The quantitative estimate of drug-likeness (QED) is 0.412. The lowest BCUT2D eigenvalue weighted by Crippen LogP contribution is -2.46. The summed E-state index contributed by atoms with van der Waals surface area (Å²) in [6.07, 6.45) is 3.52. The molecule has 2 fully saturated rings. The van der Waals surface area contributed by atoms with E-state index in [0.29, 0.717) is 35.7 Å². The van der Waals surface area contributed by atoms with Gasteiger partial charge in [0, 0.05) is 25.3 Å². The number of benzene rings is 3. The number of amides is 2. The van der Waals surface area contributed by atoms with Crippen LogP contribution in [0.15, 0.2) is 66.7 Å². The Morgan fingerprint density at radius 3 is 2.43 bits per heavy atom. The fraction of sp³-hybridized carbons (Fsp3) is 0.333. The monoisotopic (exact) mass is 519 g/mol. The second kappa shape index (κ2) is 10.9. The maximum Gasteiger partial charge on any atom is 0.257 e. The number of rotatable bonds is 5. The third-order valence-corrected chi connectivity index (χ3v) is 7.79. The summed E-state index contributed by atoms with van der Waals surface area (Å²) in [4.78, 5) is 31.4. The van der Waals surface area contributed by atoms with Crippen molar-refractivity contribution in [2.24, 2.45) is 5.92 Å². The Kier molecular flexibility index (Phi) is 7.47. The van der Waals surface area contributed by atoms with E-state index in [1.807, 2.05) is 48.5 Å². The number of nitrogens with one attached hydrogen (secondary N) is 1. The smallest absolute Gasteiger partial charge is 0.257 e. The van der Waals surface area contributed by atoms with Gasteiger partial charge in [-0.15, -0.1) is 0 Å². The number of carbonyl (C=O) groups excluding carboxylic acids is 2. The van der Waals surface area contributed by atoms with Gasteiger partial charge in [-0.25, -0.2) is 4.39 Å². The number of anilines is 2. The molecular formula is C30H31ClFN3O2. The lowest BCUT2D eigenvalue weighted by atomic mass is 9.83. The molecule has 192 valence electrons. The minimum Gasteiger partial charge on any atom is -0.370 e. The van der Waals surface area contributed by atoms with Crippen molar-refractivity contribution in [2.75, 3.05) is 29.9 Å². The predicted molar refractivity (Wildman–Crippen MR) is 146 cm³/mol. The SMILES string of the molecule is Cc1cccc(F)c1C(=O)N1CCC[C@H](C(=O)Nc2ccc(Cl)c(N3CCCC3)c2)[C@@H]1c1ccccc1. The molecule has 7 heteroatoms. The highest BCUT2D eigenvalue weighted by atomic mass is 35.5. The number of hydrogen-bond acceptors (Lipinski definition) is 3. The number of halogens is 2. The summed E-state index contributed by atoms with van der Waals surface area (Å²) in [6, 6.07) is 19.3. The molecule has 37 heavy (non-hydrogen) atoms. The van der Waals surface area contributed by atoms with Crippen LogP contribution < -0.4 is 10.2 Å². The van der Waals surface area contributed by atoms with E-state index < -0.39 is 17.8 Å². The van der Waals surface area contributed by atoms with Crippen molar-refractivity contribution in [3.63, 3.8) is 0 Å². The van der Waals surface area contributed by atoms with Crippen molar-refractivity contribution in [3.05, 3.63) is 94.3 Å². The first-order valence-electron chi connectivity index (χ1n) is 12.9. The first kappa shape index (κ1) is 25.3. The molecule has 2 saturated heterocycles. The summed E-state index contributed by atoms with van der Waals surface area (Å²) in [5.41, 5.74) is 3.11. The molecule has 5 nitrogen and oxygen atoms in total. The molecule has 0 unspecified atom stereocenters. The minimum atomic E-state index is -0.543. The van der Waals surface area contributed by atoms with Gasteiger partial charge < -0.3 is 15.1 Å². The van der Waals surface area contributed by atoms with E-state index in [1.165, 1.54) is 6.07 Å². The summed E-state index contributed by atoms with van der Waals surface area (Å²) < 4.78 is 14.8. The van der Waals surface area contributed by atoms with Gasteiger partial charge in [0.15, 0.2) is 0 Å². The molecule has 2 amide bonds. The summed E-state index contributed by atoms with van der Waals surface area (Å²) in [5.74, 6) is -1.58. The van der Waals surface area contributed by atoms with E-state index in [4.69, 9.17) is 11.6 Å². The third kappa shape index (κ3) is 5.21. The van der Waals surface area contributed by atoms with Gasteiger partial charge in [-0.1, -0.05) is 54.1 Å². The largest absolute Gasteiger partial charge is 0.370 e. The van der Waals surface area contributed by atoms with Crippen LogP contribution in [0.3, 0.4) is 0 Å². The van der Waals surface area contributed by atoms with Crippen LogP contribution in [0, 0.1) is 18.7 Å². The normalized spacial score (nSPS) is 19.6. The highest BCUT2D eigenvalue weighted by Gasteiger charge is 2.40. The van der Waals surface area contributed by atoms with Crippen molar-refractivity contribution in [2.45, 2.75) is 38.6 Å². The Labute approximate surface area is 222 Å². The van der Waals surface area contributed by atoms with E-state index in [9.17, 15) is 14.0 Å². The number of piperidine rings is 1. The fourth-order valence-electron chi connectivity index (χ4n) is 5.63. The molecule has 0 aromatic heterocycles. The van der Waals surface area contributed by atoms with Crippen molar-refractivity contribution in [3.8, 4) is 0 Å². The van der Waals surface area contributed by atoms with E-state index in [2.05, 4.69) is 10.2 Å². The van der Waals surface area contributed by atoms with Gasteiger partial charge in [-0.2, -0.15) is 0 Å². The molecule has 3 aromatic carbocycles. The molecule has 2 atom stereocenters. The zero-order valence-electron chi connectivity index (χ0n) is 20.9. The molecule has 5 rings (SSSR count). The summed E-state index contributed by atoms with van der Waals surface area (Å²) >= 11 is 6.47. The van der Waals surface area contributed by atoms with E-state index in [-0.39, 0.29) is 17.4 Å². The van der Waals surface area contributed by atoms with Crippen molar-refractivity contribution >= 4 is 34.8 Å². The Morgan fingerprint density at radius 1 is 0.946 bits per heavy atom. The number of likely N-dealkylation sites (tertiary alicyclic amines) is 1. The average Bonchev–Trinajstić information content (AvgIpc) is 3.44. The number of nitrogens with zero attached hydrogens (tertiary/aromatic N) is 2. The molecule has 0 aliphatic carbocycles. The van der Waals surface area contributed by atoms with Gasteiger partial charge in [0.05, 0.1) is 28.2 Å². The summed E-state index contributed by atoms with van der Waals surface area (Å²) in [7, 11) is 0. The van der Waals surface area contributed by atoms with Gasteiger partial charge in [0.25, 0.3) is 5.91 Å². The highest BCUT2D eigenvalue weighted by molar-refractivity contribution is 6.33. The lowest BCUT2D eigenvalue weighted by Gasteiger charge is -2.41. The molecule has 1 N–H and O–H groups in total. The Bertz CT molecular complexity index is 1270. The molecule has 2 aliphatic heterocycles. The Morgan fingerprint density at radius 2 is 1.70 bits per heavy atom. The van der Waals surface area contributed by atoms with Crippen LogP contribution in [0.2, 0.25) is 5.02 Å². The maximum atomic E-state index is 14.8. The van der Waals surface area contributed by atoms with Crippen LogP contribution in [-0.4, -0.2) is 36.3 Å². The molecule has 0 spiro atoms. The zero-order chi connectivity index (χ0) is 25.9. The third-order valence-electron chi connectivity index (χ3n) is 7.47. The zero-order valence-corrected chi connectivity index (χ0v) is 21.7. The van der Waals surface area contributed by atoms with Crippen LogP contribution >= 0.6 is 11.6 Å². The standard InChI is InChI=1S/C30H31ClFN3O2/c1-20-9-7-13-25(32)27(20)30(37)35-18-8-12-23(28(35)21-10-3-2-4-11-21)29(36)33-22-14-15-24(31)26(19-22)34-16-5-6-17-34/h2-4,7,9-11,13-15,19,23,28H,5-6,8,12,16-18H2,1H3,(H,33,36)/t23-,28-/m0/s1. The van der Waals surface area contributed by atoms with Gasteiger partial charge in [-0.3, -0.25) is 9.59 Å². The molecule has 0 bridgehead atoms. The van der Waals surface area contributed by atoms with Gasteiger partial charge >= 0.3 is 0 Å². The van der Waals surface area contributed by atoms with Gasteiger partial charge in [0.1, 0.15) is 5.82 Å². The average molecular weight is 520 g/mol. The lowest BCUT2D eigenvalue weighted by molar-refractivity contribution is -0.123. The molecule has 2 heterocycles. The second-order valence-electron chi connectivity index (χ2n) is 9.88. The van der Waals surface area contributed by atoms with Crippen LogP contribution in [0.5, 0.6) is 0 Å². The first-order valence-corrected chi connectivity index (χ1v) is 13.3. The van der Waals surface area contributed by atoms with E-state index >= 15 is 0 Å². The predicted octanol–water partition coefficient (Wildman–Crippen LogP) is 6.62. The molecule has 2 aliphatic rings. The van der Waals surface area contributed by atoms with Crippen LogP contribution in [0.25, 0.3) is 0 Å². The molecule has 3 aromatic rings. The van der Waals surface area contributed by atoms with Crippen molar-refractivity contribution in [1.82, 2.24) is 4.90 Å². The topological polar surface area (TPSA) is 52.7 Å². The molecule has 0 radical (unpaired) electrons. The van der Waals surface area contributed by atoms with Crippen LogP contribution in [-0.2, 0) is 4.79 Å². The van der Waals surface area contributed by atoms with Gasteiger partial charge in [0.2, 0.25) is 5.91 Å². The highest BCUT2D eigenvalue weighted by Crippen LogP contribution is 2.39.